The lowest BCUT2D eigenvalue weighted by molar-refractivity contribution is -0.0592. The number of likely N-dealkylation sites (tertiary alicyclic amines) is 1. The van der Waals surface area contributed by atoms with Crippen molar-refractivity contribution in [3.05, 3.63) is 82.4 Å². The van der Waals surface area contributed by atoms with Gasteiger partial charge >= 0.3 is 5.97 Å². The molecule has 4 heterocycles. The number of imidazole rings is 1. The van der Waals surface area contributed by atoms with Crippen LogP contribution in [0.1, 0.15) is 46.7 Å². The molecule has 0 spiro atoms. The van der Waals surface area contributed by atoms with Gasteiger partial charge < -0.3 is 23.9 Å². The number of rotatable bonds is 10. The Bertz CT molecular complexity index is 1640. The second-order valence-electron chi connectivity index (χ2n) is 10.6. The van der Waals surface area contributed by atoms with Crippen LogP contribution in [0.15, 0.2) is 54.7 Å². The second kappa shape index (κ2) is 12.4. The quantitative estimate of drug-likeness (QED) is 0.271. The van der Waals surface area contributed by atoms with E-state index in [4.69, 9.17) is 36.1 Å². The fourth-order valence-electron chi connectivity index (χ4n) is 5.29. The van der Waals surface area contributed by atoms with Gasteiger partial charge in [0.25, 0.3) is 0 Å². The number of carboxylic acid groups (broad SMARTS) is 1. The van der Waals surface area contributed by atoms with Gasteiger partial charge in [-0.15, -0.1) is 0 Å². The van der Waals surface area contributed by atoms with Crippen molar-refractivity contribution in [2.24, 2.45) is 0 Å². The summed E-state index contributed by atoms with van der Waals surface area (Å²) in [5.41, 5.74) is 3.07. The van der Waals surface area contributed by atoms with Gasteiger partial charge in [-0.25, -0.2) is 9.78 Å². The summed E-state index contributed by atoms with van der Waals surface area (Å²) in [5, 5.41) is 18.9. The fraction of sp³-hybridized carbons (Fsp3) is 0.355. The number of piperidine rings is 1. The highest BCUT2D eigenvalue weighted by atomic mass is 35.5. The van der Waals surface area contributed by atoms with Crippen LogP contribution in [0, 0.1) is 11.3 Å². The summed E-state index contributed by atoms with van der Waals surface area (Å²) >= 11 is 6.22. The smallest absolute Gasteiger partial charge is 0.335 e. The predicted molar refractivity (Wildman–Crippen MR) is 155 cm³/mol. The third-order valence-electron chi connectivity index (χ3n) is 7.68. The molecule has 11 heteroatoms. The Morgan fingerprint density at radius 2 is 1.98 bits per heavy atom. The third-order valence-corrected chi connectivity index (χ3v) is 7.98. The molecule has 2 aliphatic rings. The number of ether oxygens (including phenoxy) is 3. The van der Waals surface area contributed by atoms with Crippen molar-refractivity contribution in [2.75, 3.05) is 19.7 Å². The molecule has 216 valence electrons. The molecule has 6 rings (SSSR count). The standard InChI is InChI=1S/C31H30ClN5O5/c32-26-13-20(16-33)1-4-29(26)41-19-22-15-24(5-9-34-22)42-23-6-10-36(11-7-23)18-30-35-27-3-2-21(31(38)39)14-28(27)37(30)17-25-8-12-40-25/h1-5,9,13-15,23,25H,6-8,10-12,17-19H2,(H,38,39). The van der Waals surface area contributed by atoms with Gasteiger partial charge in [0.2, 0.25) is 0 Å². The molecule has 0 radical (unpaired) electrons. The number of nitrogens with zero attached hydrogens (tertiary/aromatic N) is 5. The van der Waals surface area contributed by atoms with Crippen molar-refractivity contribution in [1.82, 2.24) is 19.4 Å². The monoisotopic (exact) mass is 587 g/mol. The van der Waals surface area contributed by atoms with Crippen molar-refractivity contribution in [3.63, 3.8) is 0 Å². The van der Waals surface area contributed by atoms with Crippen LogP contribution in [-0.2, 0) is 24.4 Å². The van der Waals surface area contributed by atoms with E-state index in [0.717, 1.165) is 61.6 Å². The SMILES string of the molecule is N#Cc1ccc(OCc2cc(OC3CCN(Cc4nc5ccc(C(=O)O)cc5n4CC4CCO4)CC3)ccn2)c(Cl)c1. The first-order valence-electron chi connectivity index (χ1n) is 14.0. The minimum atomic E-state index is -0.947. The largest absolute Gasteiger partial charge is 0.490 e. The summed E-state index contributed by atoms with van der Waals surface area (Å²) in [6.07, 6.45) is 4.63. The first kappa shape index (κ1) is 28.0. The number of hydrogen-bond acceptors (Lipinski definition) is 8. The fourth-order valence-corrected chi connectivity index (χ4v) is 5.52. The molecule has 2 fully saturated rings. The first-order chi connectivity index (χ1) is 20.4. The van der Waals surface area contributed by atoms with Crippen molar-refractivity contribution in [3.8, 4) is 17.6 Å². The molecule has 0 bridgehead atoms. The van der Waals surface area contributed by atoms with Gasteiger partial charge in [0, 0.05) is 32.0 Å². The van der Waals surface area contributed by atoms with E-state index in [1.54, 1.807) is 42.6 Å². The van der Waals surface area contributed by atoms with Crippen molar-refractivity contribution in [1.29, 1.82) is 5.26 Å². The van der Waals surface area contributed by atoms with E-state index < -0.39 is 5.97 Å². The van der Waals surface area contributed by atoms with Gasteiger partial charge in [-0.2, -0.15) is 5.26 Å². The van der Waals surface area contributed by atoms with Crippen LogP contribution in [0.3, 0.4) is 0 Å². The van der Waals surface area contributed by atoms with E-state index >= 15 is 0 Å². The predicted octanol–water partition coefficient (Wildman–Crippen LogP) is 5.07. The molecule has 2 aromatic heterocycles. The molecular formula is C31H30ClN5O5. The number of hydrogen-bond donors (Lipinski definition) is 1. The molecule has 0 saturated carbocycles. The van der Waals surface area contributed by atoms with E-state index in [1.165, 1.54) is 0 Å². The Balaban J connectivity index is 1.06. The number of aromatic carboxylic acids is 1. The summed E-state index contributed by atoms with van der Waals surface area (Å²) in [7, 11) is 0. The van der Waals surface area contributed by atoms with Crippen LogP contribution in [0.5, 0.6) is 11.5 Å². The molecule has 1 unspecified atom stereocenters. The van der Waals surface area contributed by atoms with Crippen LogP contribution in [0.25, 0.3) is 11.0 Å². The maximum absolute atomic E-state index is 11.6. The molecule has 4 aromatic rings. The normalized spacial score (nSPS) is 17.5. The Morgan fingerprint density at radius 3 is 2.69 bits per heavy atom. The van der Waals surface area contributed by atoms with Crippen LogP contribution >= 0.6 is 11.6 Å². The zero-order chi connectivity index (χ0) is 29.1. The molecule has 42 heavy (non-hydrogen) atoms. The Morgan fingerprint density at radius 1 is 1.14 bits per heavy atom. The second-order valence-corrected chi connectivity index (χ2v) is 11.0. The summed E-state index contributed by atoms with van der Waals surface area (Å²) in [6, 6.07) is 15.8. The summed E-state index contributed by atoms with van der Waals surface area (Å²) in [4.78, 5) is 23.2. The van der Waals surface area contributed by atoms with E-state index in [1.807, 2.05) is 12.1 Å². The number of aromatic nitrogens is 3. The molecule has 1 atom stereocenters. The average Bonchev–Trinajstić information content (AvgIpc) is 3.31. The number of nitriles is 1. The van der Waals surface area contributed by atoms with Gasteiger partial charge in [-0.3, -0.25) is 9.88 Å². The number of benzene rings is 2. The van der Waals surface area contributed by atoms with Gasteiger partial charge in [0.05, 0.1) is 58.1 Å². The van der Waals surface area contributed by atoms with Crippen LogP contribution in [0.2, 0.25) is 5.02 Å². The molecule has 2 aromatic carbocycles. The lowest BCUT2D eigenvalue weighted by Crippen LogP contribution is -2.39. The van der Waals surface area contributed by atoms with Crippen molar-refractivity contribution in [2.45, 2.75) is 51.2 Å². The van der Waals surface area contributed by atoms with E-state index in [0.29, 0.717) is 35.1 Å². The first-order valence-corrected chi connectivity index (χ1v) is 14.3. The molecule has 0 amide bonds. The highest BCUT2D eigenvalue weighted by Gasteiger charge is 2.26. The number of pyridine rings is 1. The maximum Gasteiger partial charge on any atom is 0.335 e. The summed E-state index contributed by atoms with van der Waals surface area (Å²) in [6.45, 7) is 4.03. The van der Waals surface area contributed by atoms with Crippen molar-refractivity contribution < 1.29 is 24.1 Å². The molecule has 2 saturated heterocycles. The minimum Gasteiger partial charge on any atom is -0.490 e. The zero-order valence-corrected chi connectivity index (χ0v) is 23.7. The van der Waals surface area contributed by atoms with E-state index in [-0.39, 0.29) is 24.4 Å². The van der Waals surface area contributed by atoms with E-state index in [9.17, 15) is 9.90 Å². The van der Waals surface area contributed by atoms with Crippen molar-refractivity contribution >= 4 is 28.6 Å². The van der Waals surface area contributed by atoms with E-state index in [2.05, 4.69) is 20.5 Å². The van der Waals surface area contributed by atoms with Gasteiger partial charge in [-0.1, -0.05) is 11.6 Å². The third kappa shape index (κ3) is 6.34. The van der Waals surface area contributed by atoms with Crippen LogP contribution in [-0.4, -0.2) is 62.4 Å². The van der Waals surface area contributed by atoms with Gasteiger partial charge in [-0.05, 0) is 61.7 Å². The molecule has 0 aliphatic carbocycles. The highest BCUT2D eigenvalue weighted by Crippen LogP contribution is 2.28. The average molecular weight is 588 g/mol. The van der Waals surface area contributed by atoms with Crippen LogP contribution in [0.4, 0.5) is 0 Å². The lowest BCUT2D eigenvalue weighted by Gasteiger charge is -2.32. The lowest BCUT2D eigenvalue weighted by atomic mass is 10.1. The minimum absolute atomic E-state index is 0.0747. The zero-order valence-electron chi connectivity index (χ0n) is 22.9. The van der Waals surface area contributed by atoms with Gasteiger partial charge in [0.15, 0.2) is 0 Å². The number of fused-ring (bicyclic) bond motifs is 1. The maximum atomic E-state index is 11.6. The molecule has 10 nitrogen and oxygen atoms in total. The Kier molecular flexibility index (Phi) is 8.24. The Hall–Kier alpha value is -4.17. The number of halogens is 1. The Labute approximate surface area is 248 Å². The van der Waals surface area contributed by atoms with Gasteiger partial charge in [0.1, 0.15) is 30.0 Å². The molecule has 1 N–H and O–H groups in total. The molecule has 2 aliphatic heterocycles. The number of carboxylic acids is 1. The topological polar surface area (TPSA) is 123 Å². The highest BCUT2D eigenvalue weighted by molar-refractivity contribution is 6.32. The van der Waals surface area contributed by atoms with Crippen LogP contribution < -0.4 is 9.47 Å². The molecular weight excluding hydrogens is 558 g/mol. The summed E-state index contributed by atoms with van der Waals surface area (Å²) in [5.74, 6) is 1.21. The summed E-state index contributed by atoms with van der Waals surface area (Å²) < 4.78 is 19.9. The number of carbonyl (C=O) groups is 1.